The molecule has 0 fully saturated rings. The number of fused-ring (bicyclic) bond motifs is 2. The van der Waals surface area contributed by atoms with Crippen molar-refractivity contribution in [2.75, 3.05) is 19.5 Å². The predicted molar refractivity (Wildman–Crippen MR) is 149 cm³/mol. The Hall–Kier alpha value is -5.64. The molecular weight excluding hydrogens is 512 g/mol. The van der Waals surface area contributed by atoms with Crippen LogP contribution in [0.25, 0.3) is 33.7 Å². The number of carbonyl (C=O) groups is 2. The van der Waals surface area contributed by atoms with E-state index in [4.69, 9.17) is 24.0 Å². The number of aromatic nitrogens is 2. The molecule has 0 radical (unpaired) electrons. The van der Waals surface area contributed by atoms with Crippen molar-refractivity contribution in [1.29, 1.82) is 0 Å². The summed E-state index contributed by atoms with van der Waals surface area (Å²) in [6.07, 6.45) is 0. The van der Waals surface area contributed by atoms with Crippen LogP contribution in [-0.2, 0) is 0 Å². The zero-order valence-electron chi connectivity index (χ0n) is 21.6. The van der Waals surface area contributed by atoms with Crippen LogP contribution < -0.4 is 20.5 Å². The summed E-state index contributed by atoms with van der Waals surface area (Å²) < 4.78 is 21.4. The number of benzene rings is 4. The van der Waals surface area contributed by atoms with Crippen LogP contribution in [0.15, 0.2) is 99.8 Å². The molecule has 0 bridgehead atoms. The first-order valence-electron chi connectivity index (χ1n) is 12.1. The molecule has 6 aromatic rings. The highest BCUT2D eigenvalue weighted by atomic mass is 16.5. The van der Waals surface area contributed by atoms with Crippen molar-refractivity contribution < 1.29 is 27.9 Å². The van der Waals surface area contributed by atoms with Gasteiger partial charge in [-0.2, -0.15) is 4.98 Å². The topological polar surface area (TPSA) is 143 Å². The summed E-state index contributed by atoms with van der Waals surface area (Å²) in [6, 6.07) is 26.6. The maximum Gasteiger partial charge on any atom is 0.302 e. The number of primary amides is 1. The van der Waals surface area contributed by atoms with E-state index < -0.39 is 5.91 Å². The molecule has 0 saturated heterocycles. The summed E-state index contributed by atoms with van der Waals surface area (Å²) in [5.41, 5.74) is 9.52. The standard InChI is InChI=1S/2C15H12N2O3/c1-19-11-5-6-13-12(8-11)17-15(20-13)10-4-2-3-9(7-10)14(16)18;1-19-11-7-8-13-12(9-11)16-15(20-13)17-14(18)10-5-3-2-4-6-10/h2-8H,1H3,(H2,16,18);2-9H,1H3,(H,16,17,18). The van der Waals surface area contributed by atoms with Gasteiger partial charge in [0.2, 0.25) is 11.8 Å². The molecule has 200 valence electrons. The van der Waals surface area contributed by atoms with Gasteiger partial charge in [0.1, 0.15) is 22.5 Å². The third-order valence-electron chi connectivity index (χ3n) is 5.84. The Labute approximate surface area is 228 Å². The number of nitrogens with one attached hydrogen (secondary N) is 1. The van der Waals surface area contributed by atoms with Crippen molar-refractivity contribution in [2.24, 2.45) is 5.73 Å². The third-order valence-corrected chi connectivity index (χ3v) is 5.84. The van der Waals surface area contributed by atoms with Gasteiger partial charge in [0.15, 0.2) is 11.2 Å². The average molecular weight is 537 g/mol. The first-order chi connectivity index (χ1) is 19.4. The number of methoxy groups -OCH3 is 2. The van der Waals surface area contributed by atoms with Crippen LogP contribution in [0.3, 0.4) is 0 Å². The van der Waals surface area contributed by atoms with Crippen molar-refractivity contribution in [3.05, 3.63) is 102 Å². The fourth-order valence-electron chi connectivity index (χ4n) is 3.81. The zero-order valence-corrected chi connectivity index (χ0v) is 21.6. The molecular formula is C30H24N4O6. The van der Waals surface area contributed by atoms with Gasteiger partial charge in [-0.05, 0) is 54.6 Å². The molecule has 2 aromatic heterocycles. The molecule has 2 heterocycles. The molecule has 0 spiro atoms. The third kappa shape index (κ3) is 5.76. The van der Waals surface area contributed by atoms with E-state index in [-0.39, 0.29) is 11.9 Å². The van der Waals surface area contributed by atoms with E-state index in [2.05, 4.69) is 15.3 Å². The van der Waals surface area contributed by atoms with Gasteiger partial charge in [0.05, 0.1) is 14.2 Å². The second-order valence-corrected chi connectivity index (χ2v) is 8.47. The highest BCUT2D eigenvalue weighted by Crippen LogP contribution is 2.27. The molecule has 0 unspecified atom stereocenters. The number of hydrogen-bond donors (Lipinski definition) is 2. The Kier molecular flexibility index (Phi) is 7.41. The Morgan fingerprint density at radius 1 is 0.725 bits per heavy atom. The van der Waals surface area contributed by atoms with E-state index in [1.165, 1.54) is 0 Å². The highest BCUT2D eigenvalue weighted by Gasteiger charge is 2.12. The molecule has 10 heteroatoms. The summed E-state index contributed by atoms with van der Waals surface area (Å²) in [5, 5.41) is 2.63. The molecule has 40 heavy (non-hydrogen) atoms. The van der Waals surface area contributed by atoms with Crippen molar-refractivity contribution in [2.45, 2.75) is 0 Å². The van der Waals surface area contributed by atoms with E-state index in [0.717, 1.165) is 0 Å². The van der Waals surface area contributed by atoms with Crippen LogP contribution in [0, 0.1) is 0 Å². The van der Waals surface area contributed by atoms with Gasteiger partial charge in [-0.25, -0.2) is 4.98 Å². The van der Waals surface area contributed by atoms with E-state index in [0.29, 0.717) is 56.3 Å². The van der Waals surface area contributed by atoms with Crippen LogP contribution in [-0.4, -0.2) is 36.0 Å². The molecule has 0 atom stereocenters. The number of amides is 2. The van der Waals surface area contributed by atoms with Crippen molar-refractivity contribution in [3.8, 4) is 23.0 Å². The van der Waals surface area contributed by atoms with Crippen LogP contribution >= 0.6 is 0 Å². The first kappa shape index (κ1) is 26.0. The molecule has 10 nitrogen and oxygen atoms in total. The number of nitrogens with zero attached hydrogens (tertiary/aromatic N) is 2. The Morgan fingerprint density at radius 3 is 2.00 bits per heavy atom. The molecule has 0 aliphatic heterocycles. The second-order valence-electron chi connectivity index (χ2n) is 8.47. The van der Waals surface area contributed by atoms with E-state index >= 15 is 0 Å². The van der Waals surface area contributed by atoms with E-state index in [1.54, 1.807) is 93.1 Å². The lowest BCUT2D eigenvalue weighted by atomic mass is 10.1. The predicted octanol–water partition coefficient (Wildman–Crippen LogP) is 5.69. The fourth-order valence-corrected chi connectivity index (χ4v) is 3.81. The highest BCUT2D eigenvalue weighted by molar-refractivity contribution is 6.03. The second kappa shape index (κ2) is 11.4. The number of oxazole rings is 2. The smallest absolute Gasteiger partial charge is 0.302 e. The van der Waals surface area contributed by atoms with Crippen LogP contribution in [0.1, 0.15) is 20.7 Å². The summed E-state index contributed by atoms with van der Waals surface area (Å²) in [4.78, 5) is 31.8. The van der Waals surface area contributed by atoms with Gasteiger partial charge in [0.25, 0.3) is 5.91 Å². The van der Waals surface area contributed by atoms with Crippen LogP contribution in [0.2, 0.25) is 0 Å². The van der Waals surface area contributed by atoms with Gasteiger partial charge >= 0.3 is 6.01 Å². The number of rotatable bonds is 6. The Bertz CT molecular complexity index is 1810. The normalized spacial score (nSPS) is 10.6. The van der Waals surface area contributed by atoms with Crippen LogP contribution in [0.5, 0.6) is 11.5 Å². The lowest BCUT2D eigenvalue weighted by molar-refractivity contribution is 0.0997. The zero-order chi connectivity index (χ0) is 28.1. The minimum Gasteiger partial charge on any atom is -0.497 e. The molecule has 0 aliphatic rings. The first-order valence-corrected chi connectivity index (χ1v) is 12.1. The summed E-state index contributed by atoms with van der Waals surface area (Å²) in [7, 11) is 3.18. The maximum absolute atomic E-state index is 12.0. The molecule has 6 rings (SSSR count). The number of anilines is 1. The maximum atomic E-state index is 12.0. The Balaban J connectivity index is 0.000000161. The van der Waals surface area contributed by atoms with Crippen molar-refractivity contribution in [1.82, 2.24) is 9.97 Å². The number of nitrogens with two attached hydrogens (primary N) is 1. The number of ether oxygens (including phenoxy) is 2. The average Bonchev–Trinajstić information content (AvgIpc) is 3.60. The minimum absolute atomic E-state index is 0.169. The van der Waals surface area contributed by atoms with Crippen molar-refractivity contribution in [3.63, 3.8) is 0 Å². The monoisotopic (exact) mass is 536 g/mol. The number of carbonyl (C=O) groups excluding carboxylic acids is 2. The van der Waals surface area contributed by atoms with Crippen molar-refractivity contribution >= 4 is 40.0 Å². The summed E-state index contributed by atoms with van der Waals surface area (Å²) >= 11 is 0. The molecule has 3 N–H and O–H groups in total. The van der Waals surface area contributed by atoms with Gasteiger partial charge in [-0.15, -0.1) is 0 Å². The molecule has 4 aromatic carbocycles. The Morgan fingerprint density at radius 2 is 1.35 bits per heavy atom. The SMILES string of the molecule is COc1ccc2oc(-c3cccc(C(N)=O)c3)nc2c1.COc1ccc2oc(NC(=O)c3ccccc3)nc2c1. The largest absolute Gasteiger partial charge is 0.497 e. The summed E-state index contributed by atoms with van der Waals surface area (Å²) in [5.74, 6) is 1.10. The van der Waals surface area contributed by atoms with E-state index in [9.17, 15) is 9.59 Å². The fraction of sp³-hybridized carbons (Fsp3) is 0.0667. The lowest BCUT2D eigenvalue weighted by Crippen LogP contribution is -2.11. The van der Waals surface area contributed by atoms with Gasteiger partial charge in [0, 0.05) is 28.8 Å². The molecule has 0 saturated carbocycles. The van der Waals surface area contributed by atoms with Crippen LogP contribution in [0.4, 0.5) is 6.01 Å². The molecule has 2 amide bonds. The quantitative estimate of drug-likeness (QED) is 0.276. The van der Waals surface area contributed by atoms with Gasteiger partial charge in [-0.3, -0.25) is 14.9 Å². The number of hydrogen-bond acceptors (Lipinski definition) is 8. The van der Waals surface area contributed by atoms with Gasteiger partial charge < -0.3 is 24.0 Å². The summed E-state index contributed by atoms with van der Waals surface area (Å²) in [6.45, 7) is 0. The van der Waals surface area contributed by atoms with Gasteiger partial charge in [-0.1, -0.05) is 24.3 Å². The lowest BCUT2D eigenvalue weighted by Gasteiger charge is -1.99. The molecule has 0 aliphatic carbocycles. The van der Waals surface area contributed by atoms with E-state index in [1.807, 2.05) is 12.1 Å². The minimum atomic E-state index is -0.482.